The number of carbonyl (C=O) groups excluding carboxylic acids is 1. The van der Waals surface area contributed by atoms with Gasteiger partial charge in [-0.2, -0.15) is 0 Å². The fourth-order valence-electron chi connectivity index (χ4n) is 3.32. The Morgan fingerprint density at radius 2 is 1.73 bits per heavy atom. The first-order valence-electron chi connectivity index (χ1n) is 10.1. The lowest BCUT2D eigenvalue weighted by Crippen LogP contribution is -2.03. The van der Waals surface area contributed by atoms with Gasteiger partial charge in [0.15, 0.2) is 17.3 Å². The van der Waals surface area contributed by atoms with Crippen LogP contribution in [0.25, 0.3) is 6.08 Å². The summed E-state index contributed by atoms with van der Waals surface area (Å²) in [5.41, 5.74) is 2.82. The molecule has 33 heavy (non-hydrogen) atoms. The van der Waals surface area contributed by atoms with Crippen molar-refractivity contribution in [2.24, 2.45) is 0 Å². The number of ketones is 1. The molecular formula is C25H26N2O6. The molecule has 172 valence electrons. The molecule has 1 heterocycles. The Labute approximate surface area is 192 Å². The van der Waals surface area contributed by atoms with Crippen LogP contribution >= 0.6 is 0 Å². The van der Waals surface area contributed by atoms with Crippen molar-refractivity contribution in [3.8, 4) is 17.2 Å². The number of allylic oxidation sites excluding steroid dienone is 1. The van der Waals surface area contributed by atoms with Crippen molar-refractivity contribution in [3.63, 3.8) is 0 Å². The van der Waals surface area contributed by atoms with E-state index in [-0.39, 0.29) is 19.0 Å². The number of pyridine rings is 1. The monoisotopic (exact) mass is 450 g/mol. The van der Waals surface area contributed by atoms with Gasteiger partial charge in [0, 0.05) is 34.6 Å². The smallest absolute Gasteiger partial charge is 0.185 e. The third-order valence-electron chi connectivity index (χ3n) is 5.03. The first-order valence-corrected chi connectivity index (χ1v) is 10.1. The number of carbonyl (C=O) groups is 1. The van der Waals surface area contributed by atoms with Crippen LogP contribution in [0.2, 0.25) is 0 Å². The maximum atomic E-state index is 12.7. The summed E-state index contributed by atoms with van der Waals surface area (Å²) < 4.78 is 15.8. The van der Waals surface area contributed by atoms with E-state index in [0.717, 1.165) is 0 Å². The molecule has 2 aromatic carbocycles. The van der Waals surface area contributed by atoms with Crippen molar-refractivity contribution in [2.45, 2.75) is 13.2 Å². The van der Waals surface area contributed by atoms with Crippen molar-refractivity contribution in [2.75, 3.05) is 26.6 Å². The number of hydrogen-bond acceptors (Lipinski definition) is 8. The quantitative estimate of drug-likeness (QED) is 0.317. The average molecular weight is 450 g/mol. The predicted octanol–water partition coefficient (Wildman–Crippen LogP) is 3.73. The molecule has 8 nitrogen and oxygen atoms in total. The van der Waals surface area contributed by atoms with Crippen molar-refractivity contribution in [1.29, 1.82) is 0 Å². The second-order valence-corrected chi connectivity index (χ2v) is 6.97. The van der Waals surface area contributed by atoms with Gasteiger partial charge in [-0.05, 0) is 54.1 Å². The number of hydrogen-bond donors (Lipinski definition) is 3. The number of rotatable bonds is 10. The van der Waals surface area contributed by atoms with Gasteiger partial charge in [0.25, 0.3) is 0 Å². The molecule has 0 fully saturated rings. The molecule has 8 heteroatoms. The minimum atomic E-state index is -0.255. The molecule has 0 aliphatic carbocycles. The molecular weight excluding hydrogens is 424 g/mol. The zero-order valence-electron chi connectivity index (χ0n) is 18.7. The fourth-order valence-corrected chi connectivity index (χ4v) is 3.32. The third-order valence-corrected chi connectivity index (χ3v) is 5.03. The van der Waals surface area contributed by atoms with Gasteiger partial charge in [-0.25, -0.2) is 4.98 Å². The molecule has 0 unspecified atom stereocenters. The van der Waals surface area contributed by atoms with E-state index < -0.39 is 0 Å². The van der Waals surface area contributed by atoms with Gasteiger partial charge in [0.2, 0.25) is 0 Å². The van der Waals surface area contributed by atoms with Crippen LogP contribution < -0.4 is 19.5 Å². The van der Waals surface area contributed by atoms with Gasteiger partial charge in [0.05, 0.1) is 34.5 Å². The highest BCUT2D eigenvalue weighted by Crippen LogP contribution is 2.31. The molecule has 0 spiro atoms. The first kappa shape index (κ1) is 23.8. The van der Waals surface area contributed by atoms with E-state index in [1.165, 1.54) is 27.4 Å². The van der Waals surface area contributed by atoms with E-state index >= 15 is 0 Å². The van der Waals surface area contributed by atoms with E-state index in [1.807, 2.05) is 6.07 Å². The highest BCUT2D eigenvalue weighted by molar-refractivity contribution is 6.07. The molecule has 3 aromatic rings. The largest absolute Gasteiger partial charge is 0.496 e. The number of methoxy groups -OCH3 is 3. The lowest BCUT2D eigenvalue weighted by molar-refractivity contribution is 0.104. The van der Waals surface area contributed by atoms with Crippen LogP contribution in [0.4, 0.5) is 11.5 Å². The second-order valence-electron chi connectivity index (χ2n) is 6.97. The molecule has 0 atom stereocenters. The van der Waals surface area contributed by atoms with Gasteiger partial charge in [-0.15, -0.1) is 0 Å². The van der Waals surface area contributed by atoms with Crippen LogP contribution in [-0.2, 0) is 13.2 Å². The summed E-state index contributed by atoms with van der Waals surface area (Å²) in [6.45, 7) is -0.508. The van der Waals surface area contributed by atoms with E-state index in [1.54, 1.807) is 48.7 Å². The molecule has 3 N–H and O–H groups in total. The number of benzene rings is 2. The minimum absolute atomic E-state index is 0.206. The highest BCUT2D eigenvalue weighted by atomic mass is 16.5. The van der Waals surface area contributed by atoms with E-state index in [2.05, 4.69) is 10.3 Å². The molecule has 3 rings (SSSR count). The Morgan fingerprint density at radius 3 is 2.39 bits per heavy atom. The molecule has 1 aromatic heterocycles. The number of aromatic nitrogens is 1. The topological polar surface area (TPSA) is 110 Å². The Kier molecular flexibility index (Phi) is 8.01. The summed E-state index contributed by atoms with van der Waals surface area (Å²) >= 11 is 0. The maximum absolute atomic E-state index is 12.7. The Hall–Kier alpha value is -3.88. The molecule has 0 amide bonds. The van der Waals surface area contributed by atoms with Crippen LogP contribution in [0, 0.1) is 0 Å². The van der Waals surface area contributed by atoms with Crippen LogP contribution in [0.5, 0.6) is 17.2 Å². The van der Waals surface area contributed by atoms with Gasteiger partial charge >= 0.3 is 0 Å². The molecule has 0 aliphatic rings. The fraction of sp³-hybridized carbons (Fsp3) is 0.200. The average Bonchev–Trinajstić information content (AvgIpc) is 2.86. The summed E-state index contributed by atoms with van der Waals surface area (Å²) in [5, 5.41) is 22.4. The highest BCUT2D eigenvalue weighted by Gasteiger charge is 2.12. The van der Waals surface area contributed by atoms with Gasteiger partial charge in [-0.3, -0.25) is 4.79 Å². The van der Waals surface area contributed by atoms with Crippen molar-refractivity contribution in [3.05, 3.63) is 77.0 Å². The van der Waals surface area contributed by atoms with Gasteiger partial charge < -0.3 is 29.7 Å². The van der Waals surface area contributed by atoms with Crippen LogP contribution in [0.1, 0.15) is 27.0 Å². The van der Waals surface area contributed by atoms with Crippen molar-refractivity contribution >= 4 is 23.4 Å². The minimum Gasteiger partial charge on any atom is -0.496 e. The van der Waals surface area contributed by atoms with Crippen LogP contribution in [0.3, 0.4) is 0 Å². The van der Waals surface area contributed by atoms with Gasteiger partial charge in [-0.1, -0.05) is 0 Å². The Bertz CT molecular complexity index is 1130. The maximum Gasteiger partial charge on any atom is 0.185 e. The number of aliphatic hydroxyl groups is 2. The van der Waals surface area contributed by atoms with Crippen molar-refractivity contribution < 1.29 is 29.2 Å². The van der Waals surface area contributed by atoms with E-state index in [0.29, 0.717) is 51.0 Å². The SMILES string of the molecule is COc1ccc(C(=O)/C=C/c2cccnc2Nc2cc(CO)c(CO)c(OC)c2)cc1OC. The lowest BCUT2D eigenvalue weighted by atomic mass is 10.1. The van der Waals surface area contributed by atoms with Gasteiger partial charge in [0.1, 0.15) is 11.6 Å². The standard InChI is InChI=1S/C25H26N2O6/c1-31-22-9-7-17(12-24(22)33-3)21(30)8-6-16-5-4-10-26-25(16)27-19-11-18(14-28)20(15-29)23(13-19)32-2/h4-13,28-29H,14-15H2,1-3H3,(H,26,27)/b8-6+. The normalized spacial score (nSPS) is 10.8. The lowest BCUT2D eigenvalue weighted by Gasteiger charge is -2.15. The number of ether oxygens (including phenoxy) is 3. The van der Waals surface area contributed by atoms with Crippen LogP contribution in [0.15, 0.2) is 54.7 Å². The molecule has 0 bridgehead atoms. The summed E-state index contributed by atoms with van der Waals surface area (Å²) in [6.07, 6.45) is 4.75. The summed E-state index contributed by atoms with van der Waals surface area (Å²) in [7, 11) is 4.54. The first-order chi connectivity index (χ1) is 16.0. The third kappa shape index (κ3) is 5.49. The summed E-state index contributed by atoms with van der Waals surface area (Å²) in [6, 6.07) is 12.0. The number of aliphatic hydroxyl groups excluding tert-OH is 2. The Balaban J connectivity index is 1.87. The molecule has 0 saturated heterocycles. The van der Waals surface area contributed by atoms with E-state index in [9.17, 15) is 15.0 Å². The molecule has 0 radical (unpaired) electrons. The van der Waals surface area contributed by atoms with Crippen LogP contribution in [-0.4, -0.2) is 42.3 Å². The van der Waals surface area contributed by atoms with Crippen molar-refractivity contribution in [1.82, 2.24) is 4.98 Å². The number of anilines is 2. The zero-order valence-corrected chi connectivity index (χ0v) is 18.7. The zero-order chi connectivity index (χ0) is 23.8. The summed E-state index contributed by atoms with van der Waals surface area (Å²) in [4.78, 5) is 17.1. The summed E-state index contributed by atoms with van der Waals surface area (Å²) in [5.74, 6) is 1.77. The number of nitrogens with one attached hydrogen (secondary N) is 1. The molecule has 0 aliphatic heterocycles. The second kappa shape index (κ2) is 11.1. The number of nitrogens with zero attached hydrogens (tertiary/aromatic N) is 1. The van der Waals surface area contributed by atoms with E-state index in [4.69, 9.17) is 14.2 Å². The Morgan fingerprint density at radius 1 is 0.970 bits per heavy atom. The molecule has 0 saturated carbocycles. The predicted molar refractivity (Wildman–Crippen MR) is 125 cm³/mol.